The number of β-amino-alcohol motifs (C(OH)–C–C–N with tert-alkyl or cyclic N) is 1. The van der Waals surface area contributed by atoms with Gasteiger partial charge in [-0.15, -0.1) is 0 Å². The predicted octanol–water partition coefficient (Wildman–Crippen LogP) is 0.857. The molecular formula is C10H26N2O3. The number of carbonyl (C=O) groups is 1. The van der Waals surface area contributed by atoms with E-state index >= 15 is 0 Å². The first-order valence-corrected chi connectivity index (χ1v) is 5.40. The van der Waals surface area contributed by atoms with Crippen LogP contribution in [0.1, 0.15) is 34.1 Å². The maximum atomic E-state index is 8.86. The Balaban J connectivity index is -0.000000156. The van der Waals surface area contributed by atoms with Gasteiger partial charge in [-0.3, -0.25) is 10.0 Å². The molecule has 0 aliphatic carbocycles. The summed E-state index contributed by atoms with van der Waals surface area (Å²) in [7, 11) is 2.02. The van der Waals surface area contributed by atoms with E-state index in [0.717, 1.165) is 19.5 Å². The highest BCUT2D eigenvalue weighted by molar-refractivity contribution is 5.43. The molecule has 0 bridgehead atoms. The van der Waals surface area contributed by atoms with Crippen LogP contribution < -0.4 is 5.48 Å². The number of rotatable bonds is 1. The quantitative estimate of drug-likeness (QED) is 0.349. The van der Waals surface area contributed by atoms with Gasteiger partial charge in [0, 0.05) is 13.1 Å². The fourth-order valence-electron chi connectivity index (χ4n) is 0.912. The summed E-state index contributed by atoms with van der Waals surface area (Å²) in [6.07, 6.45) is 1.08. The Labute approximate surface area is 93.0 Å². The van der Waals surface area contributed by atoms with E-state index in [-0.39, 0.29) is 12.5 Å². The van der Waals surface area contributed by atoms with E-state index in [9.17, 15) is 0 Å². The maximum Gasteiger partial charge on any atom is 0.230 e. The van der Waals surface area contributed by atoms with E-state index in [2.05, 4.69) is 4.90 Å². The van der Waals surface area contributed by atoms with Crippen LogP contribution in [0.4, 0.5) is 0 Å². The van der Waals surface area contributed by atoms with Gasteiger partial charge < -0.3 is 10.0 Å². The van der Waals surface area contributed by atoms with Crippen LogP contribution >= 0.6 is 0 Å². The van der Waals surface area contributed by atoms with E-state index in [1.807, 2.05) is 34.7 Å². The minimum Gasteiger partial charge on any atom is -0.392 e. The molecule has 0 radical (unpaired) electrons. The number of aliphatic hydroxyl groups excluding tert-OH is 1. The molecule has 3 N–H and O–H groups in total. The molecule has 1 saturated heterocycles. The summed E-state index contributed by atoms with van der Waals surface area (Å²) < 4.78 is 0. The third kappa shape index (κ3) is 19.7. The molecule has 1 aliphatic rings. The van der Waals surface area contributed by atoms with Gasteiger partial charge in [-0.25, -0.2) is 5.48 Å². The summed E-state index contributed by atoms with van der Waals surface area (Å²) in [4.78, 5) is 10.9. The predicted molar refractivity (Wildman–Crippen MR) is 61.8 cm³/mol. The van der Waals surface area contributed by atoms with E-state index in [1.54, 1.807) is 0 Å². The number of nitrogens with zero attached hydrogens (tertiary/aromatic N) is 1. The zero-order valence-electron chi connectivity index (χ0n) is 10.5. The van der Waals surface area contributed by atoms with Crippen LogP contribution in [0.15, 0.2) is 0 Å². The molecule has 1 rings (SSSR count). The Morgan fingerprint density at radius 2 is 1.73 bits per heavy atom. The third-order valence-corrected chi connectivity index (χ3v) is 1.42. The molecule has 1 fully saturated rings. The van der Waals surface area contributed by atoms with Crippen molar-refractivity contribution in [3.63, 3.8) is 0 Å². The SMILES string of the molecule is CC.CC.CN1CCC(O)C1.O=CNO. The topological polar surface area (TPSA) is 72.8 Å². The van der Waals surface area contributed by atoms with Gasteiger partial charge in [-0.2, -0.15) is 0 Å². The van der Waals surface area contributed by atoms with Crippen molar-refractivity contribution in [1.82, 2.24) is 10.4 Å². The van der Waals surface area contributed by atoms with Crippen molar-refractivity contribution in [2.24, 2.45) is 0 Å². The van der Waals surface area contributed by atoms with Crippen LogP contribution in [0.2, 0.25) is 0 Å². The Kier molecular flexibility index (Phi) is 25.2. The summed E-state index contributed by atoms with van der Waals surface area (Å²) in [5.41, 5.74) is 1.25. The molecule has 0 aromatic rings. The Hall–Kier alpha value is -0.650. The molecule has 1 aliphatic heterocycles. The molecule has 1 atom stereocenters. The minimum atomic E-state index is -0.0509. The molecule has 15 heavy (non-hydrogen) atoms. The van der Waals surface area contributed by atoms with Gasteiger partial charge in [0.2, 0.25) is 6.41 Å². The zero-order valence-corrected chi connectivity index (χ0v) is 10.5. The van der Waals surface area contributed by atoms with Gasteiger partial charge >= 0.3 is 0 Å². The number of hydrogen-bond acceptors (Lipinski definition) is 4. The van der Waals surface area contributed by atoms with E-state index in [1.165, 1.54) is 5.48 Å². The number of amides is 1. The van der Waals surface area contributed by atoms with Crippen LogP contribution in [-0.4, -0.2) is 47.9 Å². The highest BCUT2D eigenvalue weighted by Gasteiger charge is 2.14. The molecule has 0 spiro atoms. The normalized spacial score (nSPS) is 18.2. The van der Waals surface area contributed by atoms with Crippen LogP contribution in [0.5, 0.6) is 0 Å². The van der Waals surface area contributed by atoms with E-state index in [0.29, 0.717) is 0 Å². The third-order valence-electron chi connectivity index (χ3n) is 1.42. The molecule has 1 unspecified atom stereocenters. The van der Waals surface area contributed by atoms with Crippen LogP contribution in [0.3, 0.4) is 0 Å². The van der Waals surface area contributed by atoms with Crippen LogP contribution in [0, 0.1) is 0 Å². The summed E-state index contributed by atoms with van der Waals surface area (Å²) in [6, 6.07) is 0. The first-order chi connectivity index (χ1) is 7.20. The summed E-state index contributed by atoms with van der Waals surface area (Å²) in [5, 5.41) is 16.1. The first kappa shape index (κ1) is 19.9. The van der Waals surface area contributed by atoms with E-state index in [4.69, 9.17) is 15.1 Å². The van der Waals surface area contributed by atoms with Crippen molar-refractivity contribution < 1.29 is 15.1 Å². The van der Waals surface area contributed by atoms with Crippen molar-refractivity contribution in [1.29, 1.82) is 0 Å². The van der Waals surface area contributed by atoms with Crippen LogP contribution in [0.25, 0.3) is 0 Å². The number of nitrogens with one attached hydrogen (secondary N) is 1. The van der Waals surface area contributed by atoms with Crippen molar-refractivity contribution >= 4 is 6.41 Å². The summed E-state index contributed by atoms with van der Waals surface area (Å²) >= 11 is 0. The van der Waals surface area contributed by atoms with Gasteiger partial charge in [0.1, 0.15) is 0 Å². The number of likely N-dealkylation sites (N-methyl/N-ethyl adjacent to an activating group) is 1. The van der Waals surface area contributed by atoms with Gasteiger partial charge in [0.05, 0.1) is 6.10 Å². The Morgan fingerprint density at radius 3 is 1.80 bits per heavy atom. The van der Waals surface area contributed by atoms with E-state index < -0.39 is 0 Å². The second-order valence-electron chi connectivity index (χ2n) is 2.45. The summed E-state index contributed by atoms with van der Waals surface area (Å²) in [5.74, 6) is 0. The molecule has 5 nitrogen and oxygen atoms in total. The fourth-order valence-corrected chi connectivity index (χ4v) is 0.912. The average molecular weight is 222 g/mol. The molecule has 1 amide bonds. The van der Waals surface area contributed by atoms with Crippen molar-refractivity contribution in [2.75, 3.05) is 20.1 Å². The highest BCUT2D eigenvalue weighted by Crippen LogP contribution is 2.03. The standard InChI is InChI=1S/C5H11NO.2C2H6.CH3NO2/c1-6-3-2-5(7)4-6;2*1-2;3-1-2-4/h5,7H,2-4H2,1H3;2*1-2H3;1,4H,(H,2,3). The molecule has 0 aromatic carbocycles. The van der Waals surface area contributed by atoms with Gasteiger partial charge in [0.15, 0.2) is 0 Å². The first-order valence-electron chi connectivity index (χ1n) is 5.40. The van der Waals surface area contributed by atoms with Crippen LogP contribution in [-0.2, 0) is 4.79 Å². The van der Waals surface area contributed by atoms with Gasteiger partial charge in [-0.1, -0.05) is 27.7 Å². The highest BCUT2D eigenvalue weighted by atomic mass is 16.5. The number of aliphatic hydroxyl groups is 1. The largest absolute Gasteiger partial charge is 0.392 e. The number of hydrogen-bond donors (Lipinski definition) is 3. The van der Waals surface area contributed by atoms with Crippen molar-refractivity contribution in [2.45, 2.75) is 40.2 Å². The maximum absolute atomic E-state index is 8.86. The minimum absolute atomic E-state index is 0.0509. The second-order valence-corrected chi connectivity index (χ2v) is 2.45. The zero-order chi connectivity index (χ0) is 12.7. The van der Waals surface area contributed by atoms with Gasteiger partial charge in [-0.05, 0) is 13.5 Å². The lowest BCUT2D eigenvalue weighted by molar-refractivity contribution is -0.116. The lowest BCUT2D eigenvalue weighted by atomic mass is 10.3. The number of carbonyl (C=O) groups excluding carboxylic acids is 1. The smallest absolute Gasteiger partial charge is 0.230 e. The number of likely N-dealkylation sites (tertiary alicyclic amines) is 1. The molecule has 94 valence electrons. The lowest BCUT2D eigenvalue weighted by Gasteiger charge is -2.02. The number of hydroxylamine groups is 1. The van der Waals surface area contributed by atoms with Gasteiger partial charge in [0.25, 0.3) is 0 Å². The average Bonchev–Trinajstić information content (AvgIpc) is 2.68. The second kappa shape index (κ2) is 19.0. The Bertz CT molecular complexity index is 105. The van der Waals surface area contributed by atoms with Crippen molar-refractivity contribution in [3.8, 4) is 0 Å². The molecule has 1 heterocycles. The molecule has 5 heteroatoms. The molecular weight excluding hydrogens is 196 g/mol. The lowest BCUT2D eigenvalue weighted by Crippen LogP contribution is -2.15. The fraction of sp³-hybridized carbons (Fsp3) is 0.900. The molecule has 0 aromatic heterocycles. The Morgan fingerprint density at radius 1 is 1.33 bits per heavy atom. The van der Waals surface area contributed by atoms with Crippen molar-refractivity contribution in [3.05, 3.63) is 0 Å². The monoisotopic (exact) mass is 222 g/mol. The molecule has 0 saturated carbocycles. The summed E-state index contributed by atoms with van der Waals surface area (Å²) in [6.45, 7) is 9.92.